The second kappa shape index (κ2) is 6.48. The Morgan fingerprint density at radius 3 is 1.73 bits per heavy atom. The molecule has 4 nitrogen and oxygen atoms in total. The maximum absolute atomic E-state index is 11.0. The summed E-state index contributed by atoms with van der Waals surface area (Å²) in [6.07, 6.45) is 1.88. The third-order valence-corrected chi connectivity index (χ3v) is 3.09. The lowest BCUT2D eigenvalue weighted by Crippen LogP contribution is -2.31. The van der Waals surface area contributed by atoms with Crippen LogP contribution in [0.5, 0.6) is 0 Å². The van der Waals surface area contributed by atoms with Gasteiger partial charge in [-0.1, -0.05) is 31.9 Å². The molecule has 0 aromatic carbocycles. The summed E-state index contributed by atoms with van der Waals surface area (Å²) in [6.45, 7) is 0. The van der Waals surface area contributed by atoms with E-state index in [2.05, 4.69) is 31.9 Å². The Kier molecular flexibility index (Phi) is 5.60. The van der Waals surface area contributed by atoms with Crippen molar-refractivity contribution < 1.29 is 19.1 Å². The number of carbonyl (C=O) groups excluding carboxylic acids is 2. The second-order valence-electron chi connectivity index (χ2n) is 3.25. The topological polar surface area (TPSA) is 52.6 Å². The van der Waals surface area contributed by atoms with Crippen molar-refractivity contribution in [2.75, 3.05) is 10.7 Å². The molecule has 1 fully saturated rings. The van der Waals surface area contributed by atoms with Gasteiger partial charge in [-0.2, -0.15) is 0 Å². The van der Waals surface area contributed by atoms with Crippen molar-refractivity contribution in [1.29, 1.82) is 0 Å². The summed E-state index contributed by atoms with van der Waals surface area (Å²) in [5.74, 6) is -0.636. The molecular formula is C9H12Br2O4. The fourth-order valence-electron chi connectivity index (χ4n) is 1.56. The van der Waals surface area contributed by atoms with Crippen LogP contribution >= 0.6 is 31.9 Å². The molecule has 15 heavy (non-hydrogen) atoms. The zero-order valence-electron chi connectivity index (χ0n) is 8.08. The van der Waals surface area contributed by atoms with Crippen LogP contribution in [0.2, 0.25) is 0 Å². The van der Waals surface area contributed by atoms with Gasteiger partial charge in [0.15, 0.2) is 0 Å². The number of alkyl halides is 2. The molecule has 1 aliphatic rings. The molecule has 2 atom stereocenters. The molecule has 86 valence electrons. The number of ether oxygens (including phenoxy) is 2. The zero-order valence-corrected chi connectivity index (χ0v) is 11.3. The minimum atomic E-state index is -0.318. The summed E-state index contributed by atoms with van der Waals surface area (Å²) < 4.78 is 10.3. The molecule has 6 heteroatoms. The van der Waals surface area contributed by atoms with Crippen molar-refractivity contribution in [2.45, 2.75) is 31.5 Å². The summed E-state index contributed by atoms with van der Waals surface area (Å²) in [4.78, 5) is 22.1. The van der Waals surface area contributed by atoms with Crippen LogP contribution < -0.4 is 0 Å². The molecule has 1 rings (SSSR count). The van der Waals surface area contributed by atoms with Crippen molar-refractivity contribution in [3.8, 4) is 0 Å². The average molecular weight is 344 g/mol. The molecule has 0 unspecified atom stereocenters. The van der Waals surface area contributed by atoms with E-state index in [0.717, 1.165) is 19.3 Å². The zero-order chi connectivity index (χ0) is 11.3. The van der Waals surface area contributed by atoms with Crippen LogP contribution in [0.4, 0.5) is 0 Å². The maximum atomic E-state index is 11.0. The van der Waals surface area contributed by atoms with E-state index in [1.165, 1.54) is 0 Å². The lowest BCUT2D eigenvalue weighted by atomic mass is 10.2. The Bertz CT molecular complexity index is 220. The number of rotatable bonds is 4. The van der Waals surface area contributed by atoms with Crippen LogP contribution in [-0.4, -0.2) is 34.8 Å². The van der Waals surface area contributed by atoms with Crippen molar-refractivity contribution in [3.63, 3.8) is 0 Å². The molecule has 1 aliphatic carbocycles. The van der Waals surface area contributed by atoms with Crippen molar-refractivity contribution in [3.05, 3.63) is 0 Å². The molecule has 0 saturated heterocycles. The largest absolute Gasteiger partial charge is 0.458 e. The minimum absolute atomic E-state index is 0.169. The van der Waals surface area contributed by atoms with Gasteiger partial charge in [-0.05, 0) is 19.3 Å². The van der Waals surface area contributed by atoms with E-state index in [1.807, 2.05) is 0 Å². The van der Waals surface area contributed by atoms with Gasteiger partial charge in [0.1, 0.15) is 22.9 Å². The Labute approximate surface area is 105 Å². The second-order valence-corrected chi connectivity index (χ2v) is 4.38. The molecule has 0 radical (unpaired) electrons. The van der Waals surface area contributed by atoms with Gasteiger partial charge in [-0.25, -0.2) is 0 Å². The average Bonchev–Trinajstić information content (AvgIpc) is 2.65. The van der Waals surface area contributed by atoms with Crippen molar-refractivity contribution in [1.82, 2.24) is 0 Å². The van der Waals surface area contributed by atoms with Gasteiger partial charge >= 0.3 is 11.9 Å². The van der Waals surface area contributed by atoms with E-state index in [4.69, 9.17) is 9.47 Å². The highest BCUT2D eigenvalue weighted by Gasteiger charge is 2.33. The molecule has 0 bridgehead atoms. The SMILES string of the molecule is O=C(CBr)O[C@H]1CCC[C@@H]1OC(=O)CBr. The van der Waals surface area contributed by atoms with E-state index in [1.54, 1.807) is 0 Å². The first-order valence-electron chi connectivity index (χ1n) is 4.68. The predicted molar refractivity (Wildman–Crippen MR) is 61.2 cm³/mol. The number of halogens is 2. The van der Waals surface area contributed by atoms with Crippen LogP contribution in [0.3, 0.4) is 0 Å². The minimum Gasteiger partial charge on any atom is -0.458 e. The fraction of sp³-hybridized carbons (Fsp3) is 0.778. The van der Waals surface area contributed by atoms with Gasteiger partial charge in [0.25, 0.3) is 0 Å². The highest BCUT2D eigenvalue weighted by atomic mass is 79.9. The predicted octanol–water partition coefficient (Wildman–Crippen LogP) is 1.78. The first kappa shape index (κ1) is 13.0. The highest BCUT2D eigenvalue weighted by molar-refractivity contribution is 9.09. The van der Waals surface area contributed by atoms with Gasteiger partial charge in [-0.3, -0.25) is 9.59 Å². The molecule has 0 aromatic rings. The first-order valence-corrected chi connectivity index (χ1v) is 6.92. The number of carbonyl (C=O) groups is 2. The van der Waals surface area contributed by atoms with Crippen LogP contribution in [0.15, 0.2) is 0 Å². The first-order chi connectivity index (χ1) is 7.17. The van der Waals surface area contributed by atoms with E-state index in [9.17, 15) is 9.59 Å². The van der Waals surface area contributed by atoms with Gasteiger partial charge in [0.05, 0.1) is 0 Å². The van der Waals surface area contributed by atoms with Gasteiger partial charge in [0.2, 0.25) is 0 Å². The van der Waals surface area contributed by atoms with E-state index >= 15 is 0 Å². The summed E-state index contributed by atoms with van der Waals surface area (Å²) in [5.41, 5.74) is 0. The normalized spacial score (nSPS) is 24.9. The van der Waals surface area contributed by atoms with Crippen LogP contribution in [0.25, 0.3) is 0 Å². The summed E-state index contributed by atoms with van der Waals surface area (Å²) in [7, 11) is 0. The smallest absolute Gasteiger partial charge is 0.316 e. The van der Waals surface area contributed by atoms with E-state index < -0.39 is 0 Å². The Morgan fingerprint density at radius 1 is 1.00 bits per heavy atom. The maximum Gasteiger partial charge on any atom is 0.316 e. The quantitative estimate of drug-likeness (QED) is 0.576. The molecular weight excluding hydrogens is 332 g/mol. The molecule has 0 heterocycles. The standard InChI is InChI=1S/C9H12Br2O4/c10-4-8(12)14-6-2-1-3-7(6)15-9(13)5-11/h6-7H,1-5H2/t6-,7-/m0/s1. The third-order valence-electron chi connectivity index (χ3n) is 2.18. The van der Waals surface area contributed by atoms with Gasteiger partial charge in [-0.15, -0.1) is 0 Å². The van der Waals surface area contributed by atoms with Gasteiger partial charge in [0, 0.05) is 0 Å². The summed E-state index contributed by atoms with van der Waals surface area (Å²) in [5, 5.41) is 0.339. The molecule has 0 N–H and O–H groups in total. The van der Waals surface area contributed by atoms with Gasteiger partial charge < -0.3 is 9.47 Å². The molecule has 0 spiro atoms. The van der Waals surface area contributed by atoms with Crippen molar-refractivity contribution in [2.24, 2.45) is 0 Å². The Balaban J connectivity index is 2.42. The van der Waals surface area contributed by atoms with Crippen molar-refractivity contribution >= 4 is 43.8 Å². The van der Waals surface area contributed by atoms with E-state index in [0.29, 0.717) is 0 Å². The highest BCUT2D eigenvalue weighted by Crippen LogP contribution is 2.25. The molecule has 0 aliphatic heterocycles. The Morgan fingerprint density at radius 2 is 1.40 bits per heavy atom. The molecule has 0 amide bonds. The number of hydrogen-bond donors (Lipinski definition) is 0. The van der Waals surface area contributed by atoms with E-state index in [-0.39, 0.29) is 34.8 Å². The lowest BCUT2D eigenvalue weighted by molar-refractivity contribution is -0.161. The van der Waals surface area contributed by atoms with Crippen LogP contribution in [0, 0.1) is 0 Å². The van der Waals surface area contributed by atoms with Crippen LogP contribution in [-0.2, 0) is 19.1 Å². The van der Waals surface area contributed by atoms with Crippen LogP contribution in [0.1, 0.15) is 19.3 Å². The monoisotopic (exact) mass is 342 g/mol. The molecule has 1 saturated carbocycles. The third kappa shape index (κ3) is 4.10. The fourth-order valence-corrected chi connectivity index (χ4v) is 1.83. The lowest BCUT2D eigenvalue weighted by Gasteiger charge is -2.19. The summed E-state index contributed by atoms with van der Waals surface area (Å²) in [6, 6.07) is 0. The molecule has 0 aromatic heterocycles. The summed E-state index contributed by atoms with van der Waals surface area (Å²) >= 11 is 6.03. The number of esters is 2. The number of hydrogen-bond acceptors (Lipinski definition) is 4. The Hall–Kier alpha value is -0.100.